The molecule has 0 heterocycles. The van der Waals surface area contributed by atoms with Gasteiger partial charge in [-0.3, -0.25) is 0 Å². The van der Waals surface area contributed by atoms with E-state index in [1.165, 1.54) is 19.2 Å². The fourth-order valence-corrected chi connectivity index (χ4v) is 4.22. The SMILES string of the molecule is COc1cc(N)ccc1S(=O)(=O)NCC1C(C)(C)C1(C)C. The zero-order valence-corrected chi connectivity index (χ0v) is 14.0. The molecule has 5 nitrogen and oxygen atoms in total. The largest absolute Gasteiger partial charge is 0.495 e. The van der Waals surface area contributed by atoms with Crippen LogP contribution >= 0.6 is 0 Å². The Kier molecular flexibility index (Phi) is 3.74. The van der Waals surface area contributed by atoms with Crippen LogP contribution in [0.2, 0.25) is 0 Å². The maximum atomic E-state index is 12.4. The Morgan fingerprint density at radius 3 is 2.29 bits per heavy atom. The smallest absolute Gasteiger partial charge is 0.244 e. The minimum absolute atomic E-state index is 0.121. The first-order chi connectivity index (χ1) is 9.54. The van der Waals surface area contributed by atoms with Gasteiger partial charge in [0.05, 0.1) is 7.11 Å². The van der Waals surface area contributed by atoms with Crippen molar-refractivity contribution < 1.29 is 13.2 Å². The van der Waals surface area contributed by atoms with Gasteiger partial charge in [-0.05, 0) is 28.9 Å². The molecular weight excluding hydrogens is 288 g/mol. The number of hydrogen-bond donors (Lipinski definition) is 2. The summed E-state index contributed by atoms with van der Waals surface area (Å²) in [6.45, 7) is 9.08. The Morgan fingerprint density at radius 1 is 1.24 bits per heavy atom. The van der Waals surface area contributed by atoms with E-state index >= 15 is 0 Å². The number of sulfonamides is 1. The second kappa shape index (κ2) is 4.88. The van der Waals surface area contributed by atoms with Crippen LogP contribution < -0.4 is 15.2 Å². The van der Waals surface area contributed by atoms with Crippen LogP contribution in [0.3, 0.4) is 0 Å². The van der Waals surface area contributed by atoms with E-state index in [4.69, 9.17) is 10.5 Å². The zero-order valence-electron chi connectivity index (χ0n) is 13.2. The molecule has 0 aromatic heterocycles. The van der Waals surface area contributed by atoms with Crippen LogP contribution in [-0.4, -0.2) is 22.1 Å². The minimum Gasteiger partial charge on any atom is -0.495 e. The first-order valence-electron chi connectivity index (χ1n) is 6.97. The number of nitrogen functional groups attached to an aromatic ring is 1. The highest BCUT2D eigenvalue weighted by atomic mass is 32.2. The fourth-order valence-electron chi connectivity index (χ4n) is 3.02. The van der Waals surface area contributed by atoms with E-state index in [9.17, 15) is 8.42 Å². The van der Waals surface area contributed by atoms with E-state index in [1.807, 2.05) is 0 Å². The number of hydrogen-bond acceptors (Lipinski definition) is 4. The highest BCUT2D eigenvalue weighted by molar-refractivity contribution is 7.89. The molecule has 0 bridgehead atoms. The summed E-state index contributed by atoms with van der Waals surface area (Å²) in [6, 6.07) is 4.54. The van der Waals surface area contributed by atoms with E-state index in [0.717, 1.165) is 0 Å². The lowest BCUT2D eigenvalue weighted by Crippen LogP contribution is -2.27. The lowest BCUT2D eigenvalue weighted by Gasteiger charge is -2.12. The van der Waals surface area contributed by atoms with Crippen LogP contribution in [0.1, 0.15) is 27.7 Å². The third kappa shape index (κ3) is 2.62. The normalized spacial score (nSPS) is 20.2. The summed E-state index contributed by atoms with van der Waals surface area (Å²) >= 11 is 0. The number of nitrogens with one attached hydrogen (secondary N) is 1. The first-order valence-corrected chi connectivity index (χ1v) is 8.45. The maximum absolute atomic E-state index is 12.4. The van der Waals surface area contributed by atoms with Gasteiger partial charge < -0.3 is 10.5 Å². The third-order valence-corrected chi connectivity index (χ3v) is 6.74. The van der Waals surface area contributed by atoms with Crippen molar-refractivity contribution in [3.8, 4) is 5.75 Å². The van der Waals surface area contributed by atoms with Gasteiger partial charge in [-0.15, -0.1) is 0 Å². The Balaban J connectivity index is 2.17. The van der Waals surface area contributed by atoms with Gasteiger partial charge in [0, 0.05) is 18.3 Å². The van der Waals surface area contributed by atoms with Crippen molar-refractivity contribution in [1.29, 1.82) is 0 Å². The predicted octanol–water partition coefficient (Wildman–Crippen LogP) is 2.24. The number of rotatable bonds is 5. The van der Waals surface area contributed by atoms with Gasteiger partial charge in [-0.2, -0.15) is 0 Å². The van der Waals surface area contributed by atoms with Gasteiger partial charge in [-0.25, -0.2) is 13.1 Å². The summed E-state index contributed by atoms with van der Waals surface area (Å²) in [5.41, 5.74) is 6.40. The summed E-state index contributed by atoms with van der Waals surface area (Å²) in [4.78, 5) is 0.121. The van der Waals surface area contributed by atoms with Gasteiger partial charge >= 0.3 is 0 Å². The Hall–Kier alpha value is -1.27. The molecule has 1 saturated carbocycles. The molecular formula is C15H24N2O3S. The summed E-state index contributed by atoms with van der Waals surface area (Å²) in [6.07, 6.45) is 0. The van der Waals surface area contributed by atoms with E-state index in [1.54, 1.807) is 6.07 Å². The Morgan fingerprint density at radius 2 is 1.81 bits per heavy atom. The maximum Gasteiger partial charge on any atom is 0.244 e. The molecule has 118 valence electrons. The molecule has 1 fully saturated rings. The highest BCUT2D eigenvalue weighted by Gasteiger charge is 2.64. The molecule has 0 amide bonds. The molecule has 6 heteroatoms. The number of methoxy groups -OCH3 is 1. The van der Waals surface area contributed by atoms with Gasteiger partial charge in [-0.1, -0.05) is 27.7 Å². The second-order valence-corrected chi connectivity index (χ2v) is 8.49. The topological polar surface area (TPSA) is 81.4 Å². The molecule has 0 radical (unpaired) electrons. The lowest BCUT2D eigenvalue weighted by molar-refractivity contribution is 0.402. The quantitative estimate of drug-likeness (QED) is 0.817. The van der Waals surface area contributed by atoms with Crippen molar-refractivity contribution in [1.82, 2.24) is 4.72 Å². The highest BCUT2D eigenvalue weighted by Crippen LogP contribution is 2.68. The first kappa shape index (κ1) is 16.1. The fraction of sp³-hybridized carbons (Fsp3) is 0.600. The van der Waals surface area contributed by atoms with Crippen LogP contribution in [-0.2, 0) is 10.0 Å². The van der Waals surface area contributed by atoms with Crippen LogP contribution in [0.25, 0.3) is 0 Å². The van der Waals surface area contributed by atoms with Crippen molar-refractivity contribution in [2.24, 2.45) is 16.7 Å². The van der Waals surface area contributed by atoms with Crippen LogP contribution in [0.15, 0.2) is 23.1 Å². The molecule has 21 heavy (non-hydrogen) atoms. The van der Waals surface area contributed by atoms with Gasteiger partial charge in [0.1, 0.15) is 10.6 Å². The van der Waals surface area contributed by atoms with Crippen molar-refractivity contribution in [2.45, 2.75) is 32.6 Å². The molecule has 0 unspecified atom stereocenters. The molecule has 3 N–H and O–H groups in total. The van der Waals surface area contributed by atoms with Crippen LogP contribution in [0, 0.1) is 16.7 Å². The van der Waals surface area contributed by atoms with Crippen LogP contribution in [0.4, 0.5) is 5.69 Å². The number of anilines is 1. The lowest BCUT2D eigenvalue weighted by atomic mass is 10.0. The molecule has 0 spiro atoms. The monoisotopic (exact) mass is 312 g/mol. The average molecular weight is 312 g/mol. The van der Waals surface area contributed by atoms with E-state index in [2.05, 4.69) is 32.4 Å². The number of nitrogens with two attached hydrogens (primary N) is 1. The van der Waals surface area contributed by atoms with Crippen LogP contribution in [0.5, 0.6) is 5.75 Å². The van der Waals surface area contributed by atoms with E-state index in [-0.39, 0.29) is 21.5 Å². The van der Waals surface area contributed by atoms with Crippen molar-refractivity contribution in [3.63, 3.8) is 0 Å². The summed E-state index contributed by atoms with van der Waals surface area (Å²) in [5, 5.41) is 0. The molecule has 2 rings (SSSR count). The van der Waals surface area contributed by atoms with Gasteiger partial charge in [0.15, 0.2) is 0 Å². The van der Waals surface area contributed by atoms with E-state index < -0.39 is 10.0 Å². The molecule has 1 aliphatic rings. The standard InChI is InChI=1S/C15H24N2O3S/c1-14(2)13(15(14,3)4)9-17-21(18,19)12-7-6-10(16)8-11(12)20-5/h6-8,13,17H,9,16H2,1-5H3. The van der Waals surface area contributed by atoms with Gasteiger partial charge in [0.2, 0.25) is 10.0 Å². The molecule has 0 atom stereocenters. The zero-order chi connectivity index (χ0) is 16.1. The Bertz CT molecular complexity index is 637. The summed E-state index contributed by atoms with van der Waals surface area (Å²) in [5.74, 6) is 0.580. The molecule has 0 aliphatic heterocycles. The second-order valence-electron chi connectivity index (χ2n) is 6.76. The number of benzene rings is 1. The van der Waals surface area contributed by atoms with Gasteiger partial charge in [0.25, 0.3) is 0 Å². The van der Waals surface area contributed by atoms with Crippen molar-refractivity contribution >= 4 is 15.7 Å². The molecule has 1 aliphatic carbocycles. The molecule has 1 aromatic carbocycles. The molecule has 1 aromatic rings. The Labute approximate surface area is 126 Å². The number of ether oxygens (including phenoxy) is 1. The average Bonchev–Trinajstić information content (AvgIpc) is 2.76. The predicted molar refractivity (Wildman–Crippen MR) is 83.6 cm³/mol. The summed E-state index contributed by atoms with van der Waals surface area (Å²) < 4.78 is 32.7. The van der Waals surface area contributed by atoms with E-state index in [0.29, 0.717) is 18.2 Å². The van der Waals surface area contributed by atoms with Crippen molar-refractivity contribution in [2.75, 3.05) is 19.4 Å². The summed E-state index contributed by atoms with van der Waals surface area (Å²) in [7, 11) is -2.17. The van der Waals surface area contributed by atoms with Crippen molar-refractivity contribution in [3.05, 3.63) is 18.2 Å². The minimum atomic E-state index is -3.61. The molecule has 0 saturated heterocycles. The third-order valence-electron chi connectivity index (χ3n) is 5.27.